The smallest absolute Gasteiger partial charge is 0.0270 e. The van der Waals surface area contributed by atoms with E-state index in [1.807, 2.05) is 24.4 Å². The minimum absolute atomic E-state index is 0.321. The van der Waals surface area contributed by atoms with Gasteiger partial charge in [0.2, 0.25) is 0 Å². The molecule has 1 aromatic heterocycles. The Morgan fingerprint density at radius 2 is 1.93 bits per heavy atom. The number of rotatable bonds is 3. The molecule has 0 radical (unpaired) electrons. The summed E-state index contributed by atoms with van der Waals surface area (Å²) in [5.41, 5.74) is 1.07. The van der Waals surface area contributed by atoms with Gasteiger partial charge in [0.1, 0.15) is 0 Å². The topological polar surface area (TPSA) is 27.0 Å². The van der Waals surface area contributed by atoms with Crippen molar-refractivity contribution in [1.82, 2.24) is 4.98 Å². The highest BCUT2D eigenvalue weighted by Crippen LogP contribution is 2.39. The summed E-state index contributed by atoms with van der Waals surface area (Å²) in [6.07, 6.45) is 1.83. The van der Waals surface area contributed by atoms with E-state index in [2.05, 4.69) is 38.8 Å². The van der Waals surface area contributed by atoms with Gasteiger partial charge in [0.15, 0.2) is 0 Å². The van der Waals surface area contributed by atoms with E-state index in [9.17, 15) is 0 Å². The molecule has 0 unspecified atom stereocenters. The third-order valence-corrected chi connectivity index (χ3v) is 7.82. The Labute approximate surface area is 94.2 Å². The van der Waals surface area contributed by atoms with Gasteiger partial charge in [-0.05, 0) is 12.1 Å². The normalized spacial score (nSPS) is 12.9. The molecule has 0 aliphatic carbocycles. The summed E-state index contributed by atoms with van der Waals surface area (Å²) in [6.45, 7) is 12.2. The van der Waals surface area contributed by atoms with Crippen LogP contribution in [0.3, 0.4) is 0 Å². The molecule has 0 saturated carbocycles. The first-order chi connectivity index (χ1) is 6.83. The van der Waals surface area contributed by atoms with E-state index < -0.39 is 8.24 Å². The van der Waals surface area contributed by atoms with Crippen molar-refractivity contribution in [2.75, 3.05) is 0 Å². The van der Waals surface area contributed by atoms with Crippen LogP contribution in [0.25, 0.3) is 4.98 Å². The molecule has 0 aromatic carbocycles. The first-order valence-electron chi connectivity index (χ1n) is 5.41. The number of aromatic nitrogens is 1. The van der Waals surface area contributed by atoms with Crippen molar-refractivity contribution in [2.24, 2.45) is 0 Å². The lowest BCUT2D eigenvalue weighted by Gasteiger charge is -2.49. The van der Waals surface area contributed by atoms with Crippen LogP contribution in [0.1, 0.15) is 26.5 Å². The Balaban J connectivity index is 2.58. The van der Waals surface area contributed by atoms with Crippen LogP contribution >= 0.6 is 0 Å². The van der Waals surface area contributed by atoms with Gasteiger partial charge in [0, 0.05) is 11.9 Å². The molecule has 0 amide bonds. The predicted octanol–water partition coefficient (Wildman–Crippen LogP) is 3.96. The van der Waals surface area contributed by atoms with E-state index in [4.69, 9.17) is 4.98 Å². The second-order valence-corrected chi connectivity index (χ2v) is 10.4. The van der Waals surface area contributed by atoms with Crippen molar-refractivity contribution in [3.8, 4) is 0 Å². The zero-order chi connectivity index (χ0) is 11.5. The Morgan fingerprint density at radius 1 is 1.27 bits per heavy atom. The van der Waals surface area contributed by atoms with Gasteiger partial charge >= 0.3 is 0 Å². The molecule has 0 aliphatic rings. The van der Waals surface area contributed by atoms with Crippen LogP contribution < -0.4 is 0 Å². The second kappa shape index (κ2) is 4.45. The predicted molar refractivity (Wildman–Crippen MR) is 68.5 cm³/mol. The third kappa shape index (κ3) is 3.43. The maximum absolute atomic E-state index is 4.87. The molecule has 3 heteroatoms. The minimum atomic E-state index is -1.50. The number of hydrogen-bond acceptors (Lipinski definition) is 1. The number of hydrogen-bond donors (Lipinski definition) is 0. The summed E-state index contributed by atoms with van der Waals surface area (Å²) >= 11 is 0. The maximum Gasteiger partial charge on any atom is 0.0270 e. The van der Waals surface area contributed by atoms with Crippen molar-refractivity contribution in [3.63, 3.8) is 0 Å². The SMILES string of the molecule is CC(C)(C)[Si](C)(C)[N-]Cc1ccccn1. The van der Waals surface area contributed by atoms with Crippen LogP contribution in [0, 0.1) is 0 Å². The van der Waals surface area contributed by atoms with Crippen molar-refractivity contribution in [1.29, 1.82) is 0 Å². The Bertz CT molecular complexity index is 301. The van der Waals surface area contributed by atoms with Gasteiger partial charge in [-0.1, -0.05) is 53.2 Å². The third-order valence-electron chi connectivity index (χ3n) is 3.20. The molecule has 0 spiro atoms. The quantitative estimate of drug-likeness (QED) is 0.710. The van der Waals surface area contributed by atoms with Gasteiger partial charge in [0.05, 0.1) is 0 Å². The van der Waals surface area contributed by atoms with Gasteiger partial charge in [-0.25, -0.2) is 0 Å². The molecule has 1 rings (SSSR count). The first-order valence-corrected chi connectivity index (χ1v) is 8.36. The average molecular weight is 221 g/mol. The van der Waals surface area contributed by atoms with Crippen LogP contribution in [0.5, 0.6) is 0 Å². The number of pyridine rings is 1. The van der Waals surface area contributed by atoms with Crippen LogP contribution in [0.2, 0.25) is 18.1 Å². The molecule has 0 atom stereocenters. The van der Waals surface area contributed by atoms with Crippen LogP contribution in [-0.4, -0.2) is 13.2 Å². The summed E-state index contributed by atoms with van der Waals surface area (Å²) in [7, 11) is -1.50. The fraction of sp³-hybridized carbons (Fsp3) is 0.583. The summed E-state index contributed by atoms with van der Waals surface area (Å²) < 4.78 is 0. The van der Waals surface area contributed by atoms with Crippen LogP contribution in [0.4, 0.5) is 0 Å². The summed E-state index contributed by atoms with van der Waals surface area (Å²) in [6, 6.07) is 6.00. The van der Waals surface area contributed by atoms with Crippen LogP contribution in [0.15, 0.2) is 24.4 Å². The first kappa shape index (κ1) is 12.4. The van der Waals surface area contributed by atoms with E-state index in [1.54, 1.807) is 0 Å². The van der Waals surface area contributed by atoms with Gasteiger partial charge in [-0.15, -0.1) is 6.54 Å². The molecule has 1 heterocycles. The van der Waals surface area contributed by atoms with E-state index >= 15 is 0 Å². The number of nitrogens with zero attached hydrogens (tertiary/aromatic N) is 2. The largest absolute Gasteiger partial charge is 0.659 e. The molecule has 1 aromatic rings. The molecular formula is C12H21N2Si-. The van der Waals surface area contributed by atoms with Crippen molar-refractivity contribution >= 4 is 8.24 Å². The van der Waals surface area contributed by atoms with Crippen molar-refractivity contribution < 1.29 is 0 Å². The standard InChI is InChI=1S/C12H21N2Si/c1-12(2,3)15(4,5)14-10-11-8-6-7-9-13-11/h6-9H,10H2,1-5H3/q-1. The molecule has 2 nitrogen and oxygen atoms in total. The van der Waals surface area contributed by atoms with Crippen molar-refractivity contribution in [3.05, 3.63) is 35.1 Å². The minimum Gasteiger partial charge on any atom is -0.659 e. The van der Waals surface area contributed by atoms with E-state index in [-0.39, 0.29) is 0 Å². The van der Waals surface area contributed by atoms with E-state index in [0.717, 1.165) is 12.2 Å². The molecule has 0 bridgehead atoms. The fourth-order valence-electron chi connectivity index (χ4n) is 1.01. The summed E-state index contributed by atoms with van der Waals surface area (Å²) in [5, 5.41) is 0.321. The Morgan fingerprint density at radius 3 is 2.40 bits per heavy atom. The fourth-order valence-corrected chi connectivity index (χ4v) is 2.04. The molecule has 84 valence electrons. The average Bonchev–Trinajstić information content (AvgIpc) is 2.15. The van der Waals surface area contributed by atoms with Gasteiger partial charge in [0.25, 0.3) is 0 Å². The summed E-state index contributed by atoms with van der Waals surface area (Å²) in [4.78, 5) is 9.17. The molecule has 0 fully saturated rings. The maximum atomic E-state index is 4.87. The lowest BCUT2D eigenvalue weighted by atomic mass is 10.2. The molecule has 0 aliphatic heterocycles. The zero-order valence-corrected chi connectivity index (χ0v) is 11.4. The highest BCUT2D eigenvalue weighted by atomic mass is 28.3. The Hall–Kier alpha value is -0.673. The zero-order valence-electron chi connectivity index (χ0n) is 10.4. The molecule has 0 N–H and O–H groups in total. The van der Waals surface area contributed by atoms with Crippen LogP contribution in [-0.2, 0) is 6.54 Å². The summed E-state index contributed by atoms with van der Waals surface area (Å²) in [5.74, 6) is 0. The lowest BCUT2D eigenvalue weighted by molar-refractivity contribution is 0.723. The molecule has 0 saturated heterocycles. The lowest BCUT2D eigenvalue weighted by Crippen LogP contribution is -2.36. The molecular weight excluding hydrogens is 200 g/mol. The monoisotopic (exact) mass is 221 g/mol. The van der Waals surface area contributed by atoms with Gasteiger partial charge in [-0.3, -0.25) is 4.98 Å². The second-order valence-electron chi connectivity index (χ2n) is 5.45. The van der Waals surface area contributed by atoms with Gasteiger partial charge in [-0.2, -0.15) is 0 Å². The van der Waals surface area contributed by atoms with Gasteiger partial charge < -0.3 is 4.98 Å². The highest BCUT2D eigenvalue weighted by molar-refractivity contribution is 6.84. The molecule has 15 heavy (non-hydrogen) atoms. The van der Waals surface area contributed by atoms with E-state index in [0.29, 0.717) is 5.04 Å². The van der Waals surface area contributed by atoms with E-state index in [1.165, 1.54) is 0 Å². The Kier molecular flexibility index (Phi) is 3.68. The highest BCUT2D eigenvalue weighted by Gasteiger charge is 2.24. The van der Waals surface area contributed by atoms with Crippen molar-refractivity contribution in [2.45, 2.75) is 45.4 Å².